The van der Waals surface area contributed by atoms with Crippen molar-refractivity contribution in [3.8, 4) is 6.07 Å². The van der Waals surface area contributed by atoms with Crippen molar-refractivity contribution in [1.29, 1.82) is 5.26 Å². The third-order valence-corrected chi connectivity index (χ3v) is 5.61. The van der Waals surface area contributed by atoms with Crippen molar-refractivity contribution in [2.75, 3.05) is 11.9 Å². The van der Waals surface area contributed by atoms with Gasteiger partial charge in [-0.05, 0) is 48.8 Å². The molecule has 1 aromatic rings. The molecule has 1 saturated carbocycles. The lowest BCUT2D eigenvalue weighted by Crippen LogP contribution is -2.54. The minimum Gasteiger partial charge on any atom is -0.324 e. The van der Waals surface area contributed by atoms with Crippen LogP contribution in [0.25, 0.3) is 0 Å². The van der Waals surface area contributed by atoms with Gasteiger partial charge in [0.2, 0.25) is 5.91 Å². The van der Waals surface area contributed by atoms with Crippen LogP contribution >= 0.6 is 11.6 Å². The first kappa shape index (κ1) is 20.2. The number of benzene rings is 1. The van der Waals surface area contributed by atoms with E-state index in [1.54, 1.807) is 6.07 Å². The molecule has 3 rings (SSSR count). The SMILES string of the molecule is C[C@H]1CC(C)(C)C[C@@]2(C1)NC(=O)N(CC(=O)Nc1ccc(C#N)c(Cl)c1)C2=O. The highest BCUT2D eigenvalue weighted by atomic mass is 35.5. The normalized spacial score (nSPS) is 26.1. The molecule has 0 unspecified atom stereocenters. The molecule has 1 heterocycles. The van der Waals surface area contributed by atoms with Gasteiger partial charge in [-0.2, -0.15) is 5.26 Å². The highest BCUT2D eigenvalue weighted by Gasteiger charge is 2.56. The zero-order chi connectivity index (χ0) is 20.7. The molecule has 2 atom stereocenters. The number of halogens is 1. The molecule has 1 saturated heterocycles. The summed E-state index contributed by atoms with van der Waals surface area (Å²) in [6, 6.07) is 5.89. The van der Waals surface area contributed by atoms with Crippen molar-refractivity contribution in [3.05, 3.63) is 28.8 Å². The van der Waals surface area contributed by atoms with E-state index in [4.69, 9.17) is 16.9 Å². The summed E-state index contributed by atoms with van der Waals surface area (Å²) in [7, 11) is 0. The summed E-state index contributed by atoms with van der Waals surface area (Å²) < 4.78 is 0. The Kier molecular flexibility index (Phi) is 5.11. The maximum atomic E-state index is 13.1. The molecule has 1 aliphatic heterocycles. The molecular formula is C20H23ClN4O3. The number of nitrogens with zero attached hydrogens (tertiary/aromatic N) is 2. The maximum Gasteiger partial charge on any atom is 0.325 e. The number of amides is 4. The smallest absolute Gasteiger partial charge is 0.324 e. The Bertz CT molecular complexity index is 892. The number of rotatable bonds is 3. The molecule has 2 aliphatic rings. The Morgan fingerprint density at radius 1 is 1.39 bits per heavy atom. The van der Waals surface area contributed by atoms with E-state index in [2.05, 4.69) is 31.4 Å². The minimum atomic E-state index is -0.934. The number of urea groups is 1. The van der Waals surface area contributed by atoms with Crippen LogP contribution in [0.15, 0.2) is 18.2 Å². The van der Waals surface area contributed by atoms with E-state index in [1.807, 2.05) is 6.07 Å². The lowest BCUT2D eigenvalue weighted by Gasteiger charge is -2.43. The van der Waals surface area contributed by atoms with Crippen LogP contribution in [0.5, 0.6) is 0 Å². The van der Waals surface area contributed by atoms with Gasteiger partial charge in [0.15, 0.2) is 0 Å². The molecular weight excluding hydrogens is 380 g/mol. The molecule has 7 nitrogen and oxygen atoms in total. The maximum absolute atomic E-state index is 13.1. The third kappa shape index (κ3) is 3.83. The van der Waals surface area contributed by atoms with Crippen molar-refractivity contribution in [2.24, 2.45) is 11.3 Å². The predicted octanol–water partition coefficient (Wildman–Crippen LogP) is 3.29. The fourth-order valence-electron chi connectivity index (χ4n) is 4.68. The van der Waals surface area contributed by atoms with E-state index in [-0.39, 0.29) is 22.9 Å². The summed E-state index contributed by atoms with van der Waals surface area (Å²) in [6.07, 6.45) is 2.11. The zero-order valence-corrected chi connectivity index (χ0v) is 16.9. The van der Waals surface area contributed by atoms with Gasteiger partial charge in [0.05, 0.1) is 10.6 Å². The van der Waals surface area contributed by atoms with Crippen molar-refractivity contribution in [2.45, 2.75) is 45.6 Å². The summed E-state index contributed by atoms with van der Waals surface area (Å²) in [6.45, 7) is 5.88. The molecule has 28 heavy (non-hydrogen) atoms. The van der Waals surface area contributed by atoms with Crippen LogP contribution in [0.4, 0.5) is 10.5 Å². The molecule has 0 aromatic heterocycles. The Morgan fingerprint density at radius 3 is 2.71 bits per heavy atom. The predicted molar refractivity (Wildman–Crippen MR) is 105 cm³/mol. The van der Waals surface area contributed by atoms with Crippen LogP contribution in [-0.2, 0) is 9.59 Å². The summed E-state index contributed by atoms with van der Waals surface area (Å²) in [5, 5.41) is 14.6. The zero-order valence-electron chi connectivity index (χ0n) is 16.1. The first-order chi connectivity index (χ1) is 13.0. The van der Waals surface area contributed by atoms with Crippen LogP contribution in [0.2, 0.25) is 5.02 Å². The molecule has 148 valence electrons. The van der Waals surface area contributed by atoms with Crippen LogP contribution in [0.1, 0.15) is 45.6 Å². The van der Waals surface area contributed by atoms with E-state index >= 15 is 0 Å². The van der Waals surface area contributed by atoms with Gasteiger partial charge in [-0.15, -0.1) is 0 Å². The number of imide groups is 1. The van der Waals surface area contributed by atoms with Gasteiger partial charge in [-0.3, -0.25) is 14.5 Å². The summed E-state index contributed by atoms with van der Waals surface area (Å²) in [4.78, 5) is 38.9. The van der Waals surface area contributed by atoms with Crippen molar-refractivity contribution < 1.29 is 14.4 Å². The van der Waals surface area contributed by atoms with Gasteiger partial charge in [0.1, 0.15) is 18.2 Å². The Hall–Kier alpha value is -2.59. The highest BCUT2D eigenvalue weighted by molar-refractivity contribution is 6.32. The number of hydrogen-bond acceptors (Lipinski definition) is 4. The number of carbonyl (C=O) groups excluding carboxylic acids is 3. The molecule has 4 amide bonds. The number of nitriles is 1. The number of nitrogens with one attached hydrogen (secondary N) is 2. The quantitative estimate of drug-likeness (QED) is 0.757. The van der Waals surface area contributed by atoms with Crippen molar-refractivity contribution >= 4 is 35.1 Å². The van der Waals surface area contributed by atoms with Gasteiger partial charge in [0.25, 0.3) is 5.91 Å². The topological polar surface area (TPSA) is 102 Å². The van der Waals surface area contributed by atoms with Crippen LogP contribution in [0, 0.1) is 22.7 Å². The van der Waals surface area contributed by atoms with Crippen LogP contribution in [-0.4, -0.2) is 34.8 Å². The fourth-order valence-corrected chi connectivity index (χ4v) is 4.90. The summed E-state index contributed by atoms with van der Waals surface area (Å²) >= 11 is 5.96. The van der Waals surface area contributed by atoms with Crippen LogP contribution in [0.3, 0.4) is 0 Å². The Labute approximate surface area is 169 Å². The average Bonchev–Trinajstić information content (AvgIpc) is 2.76. The highest BCUT2D eigenvalue weighted by Crippen LogP contribution is 2.46. The van der Waals surface area contributed by atoms with Crippen molar-refractivity contribution in [1.82, 2.24) is 10.2 Å². The average molecular weight is 403 g/mol. The molecule has 8 heteroatoms. The first-order valence-electron chi connectivity index (χ1n) is 9.19. The summed E-state index contributed by atoms with van der Waals surface area (Å²) in [5.41, 5.74) is -0.318. The Morgan fingerprint density at radius 2 is 2.11 bits per heavy atom. The lowest BCUT2D eigenvalue weighted by molar-refractivity contribution is -0.136. The molecule has 1 spiro atoms. The van der Waals surface area contributed by atoms with E-state index in [1.165, 1.54) is 12.1 Å². The lowest BCUT2D eigenvalue weighted by atomic mass is 9.64. The second-order valence-electron chi connectivity index (χ2n) is 8.61. The Balaban J connectivity index is 1.71. The second-order valence-corrected chi connectivity index (χ2v) is 9.02. The van der Waals surface area contributed by atoms with E-state index in [9.17, 15) is 14.4 Å². The molecule has 1 aromatic carbocycles. The minimum absolute atomic E-state index is 0.0713. The monoisotopic (exact) mass is 402 g/mol. The number of carbonyl (C=O) groups is 3. The molecule has 0 bridgehead atoms. The molecule has 2 N–H and O–H groups in total. The fraction of sp³-hybridized carbons (Fsp3) is 0.500. The molecule has 1 aliphatic carbocycles. The van der Waals surface area contributed by atoms with E-state index in [0.29, 0.717) is 30.0 Å². The van der Waals surface area contributed by atoms with Gasteiger partial charge < -0.3 is 10.6 Å². The van der Waals surface area contributed by atoms with E-state index < -0.39 is 17.5 Å². The summed E-state index contributed by atoms with van der Waals surface area (Å²) in [5.74, 6) is -0.558. The van der Waals surface area contributed by atoms with Gasteiger partial charge in [0, 0.05) is 5.69 Å². The van der Waals surface area contributed by atoms with Gasteiger partial charge in [-0.1, -0.05) is 32.4 Å². The van der Waals surface area contributed by atoms with E-state index in [0.717, 1.165) is 11.3 Å². The first-order valence-corrected chi connectivity index (χ1v) is 9.57. The van der Waals surface area contributed by atoms with Crippen LogP contribution < -0.4 is 10.6 Å². The molecule has 0 radical (unpaired) electrons. The standard InChI is InChI=1S/C20H23ClN4O3/c1-12-7-19(2,3)11-20(8-12)17(27)25(18(28)24-20)10-16(26)23-14-5-4-13(9-22)15(21)6-14/h4-6,12H,7-8,10-11H2,1-3H3,(H,23,26)(H,24,28)/t12-,20+/m0/s1. The number of hydrogen-bond donors (Lipinski definition) is 2. The second kappa shape index (κ2) is 7.10. The van der Waals surface area contributed by atoms with Crippen molar-refractivity contribution in [3.63, 3.8) is 0 Å². The third-order valence-electron chi connectivity index (χ3n) is 5.30. The van der Waals surface area contributed by atoms with Gasteiger partial charge >= 0.3 is 6.03 Å². The number of anilines is 1. The van der Waals surface area contributed by atoms with Gasteiger partial charge in [-0.25, -0.2) is 4.79 Å². The molecule has 2 fully saturated rings. The largest absolute Gasteiger partial charge is 0.325 e.